The zero-order chi connectivity index (χ0) is 11.5. The summed E-state index contributed by atoms with van der Waals surface area (Å²) < 4.78 is 0. The fraction of sp³-hybridized carbons (Fsp3) is 0.833. The van der Waals surface area contributed by atoms with Gasteiger partial charge in [-0.2, -0.15) is 0 Å². The van der Waals surface area contributed by atoms with Gasteiger partial charge in [-0.3, -0.25) is 14.5 Å². The standard InChI is InChI=1S/C12H20N2O2/c13-12(16)8-14-7-3-5-10(14)9-4-1-2-6-11(9)15/h9-10H,1-8H2,(H2,13,16). The van der Waals surface area contributed by atoms with Crippen LogP contribution in [0.15, 0.2) is 0 Å². The molecule has 0 aromatic carbocycles. The molecule has 1 amide bonds. The van der Waals surface area contributed by atoms with Crippen molar-refractivity contribution in [2.45, 2.75) is 44.6 Å². The number of ketones is 1. The number of primary amides is 1. The van der Waals surface area contributed by atoms with Gasteiger partial charge in [0.15, 0.2) is 0 Å². The molecule has 4 heteroatoms. The molecule has 0 aromatic rings. The minimum absolute atomic E-state index is 0.163. The van der Waals surface area contributed by atoms with Gasteiger partial charge in [-0.15, -0.1) is 0 Å². The minimum atomic E-state index is -0.282. The van der Waals surface area contributed by atoms with Crippen LogP contribution in [-0.2, 0) is 9.59 Å². The maximum absolute atomic E-state index is 11.9. The van der Waals surface area contributed by atoms with Gasteiger partial charge in [0, 0.05) is 18.4 Å². The Morgan fingerprint density at radius 1 is 1.31 bits per heavy atom. The monoisotopic (exact) mass is 224 g/mol. The molecule has 1 aliphatic carbocycles. The maximum Gasteiger partial charge on any atom is 0.231 e. The third-order valence-corrected chi connectivity index (χ3v) is 3.84. The van der Waals surface area contributed by atoms with Crippen molar-refractivity contribution in [2.75, 3.05) is 13.1 Å². The van der Waals surface area contributed by atoms with E-state index in [0.29, 0.717) is 12.3 Å². The molecule has 90 valence electrons. The predicted octanol–water partition coefficient (Wildman–Crippen LogP) is 0.695. The number of carbonyl (C=O) groups is 2. The Labute approximate surface area is 96.2 Å². The van der Waals surface area contributed by atoms with Crippen LogP contribution in [0.25, 0.3) is 0 Å². The first kappa shape index (κ1) is 11.6. The molecule has 0 aromatic heterocycles. The highest BCUT2D eigenvalue weighted by atomic mass is 16.1. The van der Waals surface area contributed by atoms with Gasteiger partial charge in [-0.1, -0.05) is 6.42 Å². The van der Waals surface area contributed by atoms with Gasteiger partial charge in [-0.05, 0) is 32.2 Å². The van der Waals surface area contributed by atoms with Crippen molar-refractivity contribution in [3.8, 4) is 0 Å². The Morgan fingerprint density at radius 2 is 2.12 bits per heavy atom. The van der Waals surface area contributed by atoms with Crippen LogP contribution in [0.1, 0.15) is 38.5 Å². The van der Waals surface area contributed by atoms with Gasteiger partial charge in [0.2, 0.25) is 5.91 Å². The van der Waals surface area contributed by atoms with Crippen molar-refractivity contribution in [3.63, 3.8) is 0 Å². The van der Waals surface area contributed by atoms with E-state index in [1.165, 1.54) is 0 Å². The summed E-state index contributed by atoms with van der Waals surface area (Å²) in [5.41, 5.74) is 5.23. The summed E-state index contributed by atoms with van der Waals surface area (Å²) in [6.07, 6.45) is 6.05. The van der Waals surface area contributed by atoms with Crippen LogP contribution in [0, 0.1) is 5.92 Å². The van der Waals surface area contributed by atoms with Crippen molar-refractivity contribution in [3.05, 3.63) is 0 Å². The van der Waals surface area contributed by atoms with Crippen LogP contribution < -0.4 is 5.73 Å². The number of Topliss-reactive ketones (excluding diaryl/α,β-unsaturated/α-hetero) is 1. The number of hydrogen-bond acceptors (Lipinski definition) is 3. The van der Waals surface area contributed by atoms with E-state index in [1.54, 1.807) is 0 Å². The minimum Gasteiger partial charge on any atom is -0.369 e. The van der Waals surface area contributed by atoms with Crippen LogP contribution in [0.2, 0.25) is 0 Å². The Bertz CT molecular complexity index is 291. The maximum atomic E-state index is 11.9. The quantitative estimate of drug-likeness (QED) is 0.767. The Morgan fingerprint density at radius 3 is 2.81 bits per heavy atom. The van der Waals surface area contributed by atoms with Gasteiger partial charge < -0.3 is 5.73 Å². The lowest BCUT2D eigenvalue weighted by Gasteiger charge is -2.32. The molecule has 4 nitrogen and oxygen atoms in total. The molecule has 1 heterocycles. The lowest BCUT2D eigenvalue weighted by molar-refractivity contribution is -0.128. The molecule has 0 spiro atoms. The summed E-state index contributed by atoms with van der Waals surface area (Å²) in [5.74, 6) is 0.276. The molecule has 0 radical (unpaired) electrons. The molecule has 1 saturated heterocycles. The van der Waals surface area contributed by atoms with Crippen molar-refractivity contribution >= 4 is 11.7 Å². The van der Waals surface area contributed by atoms with Crippen LogP contribution in [0.5, 0.6) is 0 Å². The zero-order valence-corrected chi connectivity index (χ0v) is 9.65. The summed E-state index contributed by atoms with van der Waals surface area (Å²) in [5, 5.41) is 0. The highest BCUT2D eigenvalue weighted by Crippen LogP contribution is 2.31. The normalized spacial score (nSPS) is 31.9. The number of nitrogens with two attached hydrogens (primary N) is 1. The first-order chi connectivity index (χ1) is 7.68. The average Bonchev–Trinajstić information content (AvgIpc) is 2.66. The van der Waals surface area contributed by atoms with E-state index in [-0.39, 0.29) is 17.9 Å². The van der Waals surface area contributed by atoms with Crippen LogP contribution in [0.3, 0.4) is 0 Å². The summed E-state index contributed by atoms with van der Waals surface area (Å²) in [6, 6.07) is 0.278. The second kappa shape index (κ2) is 4.95. The van der Waals surface area contributed by atoms with E-state index in [1.807, 2.05) is 0 Å². The third-order valence-electron chi connectivity index (χ3n) is 3.84. The second-order valence-electron chi connectivity index (χ2n) is 4.96. The van der Waals surface area contributed by atoms with Crippen molar-refractivity contribution in [2.24, 2.45) is 11.7 Å². The molecule has 2 aliphatic rings. The number of carbonyl (C=O) groups excluding carboxylic acids is 2. The van der Waals surface area contributed by atoms with E-state index < -0.39 is 0 Å². The summed E-state index contributed by atoms with van der Waals surface area (Å²) in [4.78, 5) is 24.9. The number of hydrogen-bond donors (Lipinski definition) is 1. The lowest BCUT2D eigenvalue weighted by Crippen LogP contribution is -2.44. The van der Waals surface area contributed by atoms with Gasteiger partial charge in [0.25, 0.3) is 0 Å². The van der Waals surface area contributed by atoms with E-state index in [0.717, 1.165) is 45.1 Å². The highest BCUT2D eigenvalue weighted by Gasteiger charge is 2.36. The topological polar surface area (TPSA) is 63.4 Å². The SMILES string of the molecule is NC(=O)CN1CCCC1C1CCCCC1=O. The second-order valence-corrected chi connectivity index (χ2v) is 4.96. The molecule has 2 fully saturated rings. The van der Waals surface area contributed by atoms with Crippen LogP contribution >= 0.6 is 0 Å². The van der Waals surface area contributed by atoms with E-state index in [4.69, 9.17) is 5.73 Å². The molecule has 0 bridgehead atoms. The molecule has 2 N–H and O–H groups in total. The fourth-order valence-electron chi connectivity index (χ4n) is 3.12. The number of amides is 1. The Hall–Kier alpha value is -0.900. The summed E-state index contributed by atoms with van der Waals surface area (Å²) in [6.45, 7) is 1.23. The van der Waals surface area contributed by atoms with Crippen LogP contribution in [0.4, 0.5) is 0 Å². The number of rotatable bonds is 3. The smallest absolute Gasteiger partial charge is 0.231 e. The van der Waals surface area contributed by atoms with E-state index in [9.17, 15) is 9.59 Å². The van der Waals surface area contributed by atoms with Crippen molar-refractivity contribution < 1.29 is 9.59 Å². The van der Waals surface area contributed by atoms with Gasteiger partial charge in [-0.25, -0.2) is 0 Å². The number of likely N-dealkylation sites (tertiary alicyclic amines) is 1. The molecule has 2 atom stereocenters. The first-order valence-corrected chi connectivity index (χ1v) is 6.23. The van der Waals surface area contributed by atoms with Gasteiger partial charge in [0.05, 0.1) is 6.54 Å². The van der Waals surface area contributed by atoms with Crippen molar-refractivity contribution in [1.82, 2.24) is 4.90 Å². The Kier molecular flexibility index (Phi) is 3.59. The number of nitrogens with zero attached hydrogens (tertiary/aromatic N) is 1. The van der Waals surface area contributed by atoms with E-state index >= 15 is 0 Å². The molecular formula is C12H20N2O2. The van der Waals surface area contributed by atoms with Crippen molar-refractivity contribution in [1.29, 1.82) is 0 Å². The molecule has 16 heavy (non-hydrogen) atoms. The third kappa shape index (κ3) is 2.43. The fourth-order valence-corrected chi connectivity index (χ4v) is 3.12. The molecule has 2 unspecified atom stereocenters. The van der Waals surface area contributed by atoms with Crippen LogP contribution in [-0.4, -0.2) is 35.7 Å². The van der Waals surface area contributed by atoms with Gasteiger partial charge >= 0.3 is 0 Å². The molecule has 2 rings (SSSR count). The lowest BCUT2D eigenvalue weighted by atomic mass is 9.82. The first-order valence-electron chi connectivity index (χ1n) is 6.23. The summed E-state index contributed by atoms with van der Waals surface area (Å²) >= 11 is 0. The molecule has 1 saturated carbocycles. The van der Waals surface area contributed by atoms with Gasteiger partial charge in [0.1, 0.15) is 5.78 Å². The van der Waals surface area contributed by atoms with E-state index in [2.05, 4.69) is 4.90 Å². The molecular weight excluding hydrogens is 204 g/mol. The molecule has 1 aliphatic heterocycles. The zero-order valence-electron chi connectivity index (χ0n) is 9.65. The largest absolute Gasteiger partial charge is 0.369 e. The Balaban J connectivity index is 2.00. The highest BCUT2D eigenvalue weighted by molar-refractivity contribution is 5.82. The summed E-state index contributed by atoms with van der Waals surface area (Å²) in [7, 11) is 0. The predicted molar refractivity (Wildman–Crippen MR) is 60.8 cm³/mol. The average molecular weight is 224 g/mol.